The molecule has 0 aliphatic carbocycles. The van der Waals surface area contributed by atoms with Crippen molar-refractivity contribution in [2.75, 3.05) is 33.2 Å². The number of rotatable bonds is 5. The van der Waals surface area contributed by atoms with Crippen LogP contribution in [-0.2, 0) is 16.0 Å². The quantitative estimate of drug-likeness (QED) is 0.822. The predicted octanol–water partition coefficient (Wildman–Crippen LogP) is 2.21. The van der Waals surface area contributed by atoms with Crippen molar-refractivity contribution in [1.29, 1.82) is 0 Å². The summed E-state index contributed by atoms with van der Waals surface area (Å²) in [5, 5.41) is 2.97. The van der Waals surface area contributed by atoms with Crippen LogP contribution in [0.1, 0.15) is 44.1 Å². The molecule has 2 heterocycles. The maximum atomic E-state index is 12.7. The minimum atomic E-state index is -0.0445. The lowest BCUT2D eigenvalue weighted by Gasteiger charge is -2.49. The molecule has 5 nitrogen and oxygen atoms in total. The number of nitrogens with one attached hydrogen (secondary N) is 1. The SMILES string of the molecule is CN1CCN(C(=O)CCCCc2ccccc2)CC12CCNC(=O)CC2. The van der Waals surface area contributed by atoms with E-state index in [2.05, 4.69) is 41.5 Å². The third kappa shape index (κ3) is 4.64. The molecule has 1 atom stereocenters. The van der Waals surface area contributed by atoms with Gasteiger partial charge in [-0.1, -0.05) is 30.3 Å². The Labute approximate surface area is 156 Å². The Morgan fingerprint density at radius 2 is 1.96 bits per heavy atom. The number of hydrogen-bond acceptors (Lipinski definition) is 3. The van der Waals surface area contributed by atoms with Gasteiger partial charge in [0.15, 0.2) is 0 Å². The molecule has 1 aromatic carbocycles. The summed E-state index contributed by atoms with van der Waals surface area (Å²) in [5.74, 6) is 0.411. The van der Waals surface area contributed by atoms with Gasteiger partial charge < -0.3 is 10.2 Å². The zero-order valence-electron chi connectivity index (χ0n) is 15.9. The monoisotopic (exact) mass is 357 g/mol. The Bertz CT molecular complexity index is 619. The number of aryl methyl sites for hydroxylation is 1. The van der Waals surface area contributed by atoms with Crippen LogP contribution in [0.25, 0.3) is 0 Å². The molecule has 2 aliphatic rings. The first kappa shape index (κ1) is 18.9. The van der Waals surface area contributed by atoms with Crippen LogP contribution < -0.4 is 5.32 Å². The van der Waals surface area contributed by atoms with Crippen molar-refractivity contribution in [3.8, 4) is 0 Å². The molecule has 1 spiro atoms. The van der Waals surface area contributed by atoms with Crippen LogP contribution in [0, 0.1) is 0 Å². The minimum absolute atomic E-state index is 0.0445. The van der Waals surface area contributed by atoms with E-state index >= 15 is 0 Å². The highest BCUT2D eigenvalue weighted by molar-refractivity contribution is 5.77. The first-order chi connectivity index (χ1) is 12.6. The van der Waals surface area contributed by atoms with E-state index in [1.807, 2.05) is 11.0 Å². The van der Waals surface area contributed by atoms with E-state index in [1.54, 1.807) is 0 Å². The van der Waals surface area contributed by atoms with Gasteiger partial charge in [-0.15, -0.1) is 0 Å². The number of hydrogen-bond donors (Lipinski definition) is 1. The number of piperazine rings is 1. The lowest BCUT2D eigenvalue weighted by Crippen LogP contribution is -2.62. The second-order valence-corrected chi connectivity index (χ2v) is 7.75. The van der Waals surface area contributed by atoms with Crippen molar-refractivity contribution in [2.24, 2.45) is 0 Å². The van der Waals surface area contributed by atoms with Gasteiger partial charge in [0.2, 0.25) is 11.8 Å². The Hall–Kier alpha value is -1.88. The Morgan fingerprint density at radius 1 is 1.15 bits per heavy atom. The summed E-state index contributed by atoms with van der Waals surface area (Å²) < 4.78 is 0. The first-order valence-corrected chi connectivity index (χ1v) is 9.89. The summed E-state index contributed by atoms with van der Waals surface area (Å²) in [5.41, 5.74) is 1.30. The molecule has 2 fully saturated rings. The van der Waals surface area contributed by atoms with Gasteiger partial charge in [-0.3, -0.25) is 14.5 Å². The summed E-state index contributed by atoms with van der Waals surface area (Å²) in [6.45, 7) is 3.17. The molecular formula is C21H31N3O2. The van der Waals surface area contributed by atoms with Crippen LogP contribution in [0.15, 0.2) is 30.3 Å². The summed E-state index contributed by atoms with van der Waals surface area (Å²) in [4.78, 5) is 28.8. The second-order valence-electron chi connectivity index (χ2n) is 7.75. The summed E-state index contributed by atoms with van der Waals surface area (Å²) in [6, 6.07) is 10.5. The molecule has 0 radical (unpaired) electrons. The van der Waals surface area contributed by atoms with Gasteiger partial charge in [0.05, 0.1) is 0 Å². The molecule has 2 amide bonds. The van der Waals surface area contributed by atoms with Crippen molar-refractivity contribution < 1.29 is 9.59 Å². The summed E-state index contributed by atoms with van der Waals surface area (Å²) >= 11 is 0. The average molecular weight is 357 g/mol. The van der Waals surface area contributed by atoms with E-state index in [9.17, 15) is 9.59 Å². The standard InChI is InChI=1S/C21H31N3O2/c1-23-15-16-24(17-21(23)12-11-19(25)22-14-13-21)20(26)10-6-5-9-18-7-3-2-4-8-18/h2-4,7-8H,5-6,9-17H2,1H3,(H,22,25). The van der Waals surface area contributed by atoms with Gasteiger partial charge in [0.25, 0.3) is 0 Å². The molecule has 26 heavy (non-hydrogen) atoms. The number of likely N-dealkylation sites (N-methyl/N-ethyl adjacent to an activating group) is 1. The van der Waals surface area contributed by atoms with Gasteiger partial charge in [0, 0.05) is 44.6 Å². The summed E-state index contributed by atoms with van der Waals surface area (Å²) in [7, 11) is 2.14. The van der Waals surface area contributed by atoms with Crippen molar-refractivity contribution in [2.45, 2.75) is 50.5 Å². The van der Waals surface area contributed by atoms with Crippen LogP contribution in [0.4, 0.5) is 0 Å². The largest absolute Gasteiger partial charge is 0.356 e. The fourth-order valence-corrected chi connectivity index (χ4v) is 4.22. The highest BCUT2D eigenvalue weighted by atomic mass is 16.2. The third-order valence-electron chi connectivity index (χ3n) is 6.03. The number of nitrogens with zero attached hydrogens (tertiary/aromatic N) is 2. The number of carbonyl (C=O) groups is 2. The lowest BCUT2D eigenvalue weighted by molar-refractivity contribution is -0.137. The molecule has 3 rings (SSSR count). The maximum absolute atomic E-state index is 12.7. The van der Waals surface area contributed by atoms with Gasteiger partial charge in [-0.05, 0) is 44.7 Å². The van der Waals surface area contributed by atoms with E-state index in [0.717, 1.165) is 51.7 Å². The van der Waals surface area contributed by atoms with Gasteiger partial charge >= 0.3 is 0 Å². The van der Waals surface area contributed by atoms with Crippen LogP contribution in [0.5, 0.6) is 0 Å². The van der Waals surface area contributed by atoms with E-state index < -0.39 is 0 Å². The van der Waals surface area contributed by atoms with E-state index in [0.29, 0.717) is 19.4 Å². The molecule has 5 heteroatoms. The fourth-order valence-electron chi connectivity index (χ4n) is 4.22. The Morgan fingerprint density at radius 3 is 2.77 bits per heavy atom. The smallest absolute Gasteiger partial charge is 0.222 e. The topological polar surface area (TPSA) is 52.6 Å². The summed E-state index contributed by atoms with van der Waals surface area (Å²) in [6.07, 6.45) is 5.97. The van der Waals surface area contributed by atoms with Gasteiger partial charge in [-0.2, -0.15) is 0 Å². The van der Waals surface area contributed by atoms with Gasteiger partial charge in [0.1, 0.15) is 0 Å². The van der Waals surface area contributed by atoms with Gasteiger partial charge in [-0.25, -0.2) is 0 Å². The maximum Gasteiger partial charge on any atom is 0.222 e. The molecule has 1 unspecified atom stereocenters. The van der Waals surface area contributed by atoms with Crippen molar-refractivity contribution in [3.63, 3.8) is 0 Å². The first-order valence-electron chi connectivity index (χ1n) is 9.89. The minimum Gasteiger partial charge on any atom is -0.356 e. The van der Waals surface area contributed by atoms with Crippen LogP contribution in [0.2, 0.25) is 0 Å². The zero-order chi connectivity index (χ0) is 18.4. The number of unbranched alkanes of at least 4 members (excludes halogenated alkanes) is 1. The molecule has 2 aliphatic heterocycles. The normalized spacial score (nSPS) is 24.3. The molecule has 0 bridgehead atoms. The number of amides is 2. The molecule has 1 aromatic rings. The molecule has 1 N–H and O–H groups in total. The molecule has 0 aromatic heterocycles. The highest BCUT2D eigenvalue weighted by Gasteiger charge is 2.41. The molecule has 0 saturated carbocycles. The molecule has 2 saturated heterocycles. The lowest BCUT2D eigenvalue weighted by atomic mass is 9.86. The zero-order valence-corrected chi connectivity index (χ0v) is 15.9. The number of benzene rings is 1. The average Bonchev–Trinajstić information content (AvgIpc) is 2.84. The van der Waals surface area contributed by atoms with E-state index in [1.165, 1.54) is 5.56 Å². The Balaban J connectivity index is 1.49. The van der Waals surface area contributed by atoms with Crippen LogP contribution >= 0.6 is 0 Å². The highest BCUT2D eigenvalue weighted by Crippen LogP contribution is 2.30. The fraction of sp³-hybridized carbons (Fsp3) is 0.619. The van der Waals surface area contributed by atoms with Crippen molar-refractivity contribution in [1.82, 2.24) is 15.1 Å². The van der Waals surface area contributed by atoms with E-state index in [-0.39, 0.29) is 17.4 Å². The van der Waals surface area contributed by atoms with Crippen molar-refractivity contribution >= 4 is 11.8 Å². The Kier molecular flexibility index (Phi) is 6.30. The third-order valence-corrected chi connectivity index (χ3v) is 6.03. The molecular weight excluding hydrogens is 326 g/mol. The van der Waals surface area contributed by atoms with E-state index in [4.69, 9.17) is 0 Å². The van der Waals surface area contributed by atoms with Crippen molar-refractivity contribution in [3.05, 3.63) is 35.9 Å². The number of carbonyl (C=O) groups excluding carboxylic acids is 2. The predicted molar refractivity (Wildman–Crippen MR) is 103 cm³/mol. The second kappa shape index (κ2) is 8.67. The molecule has 142 valence electrons. The van der Waals surface area contributed by atoms with Crippen LogP contribution in [0.3, 0.4) is 0 Å². The van der Waals surface area contributed by atoms with Crippen LogP contribution in [-0.4, -0.2) is 60.4 Å².